The Labute approximate surface area is 111 Å². The molecule has 0 aliphatic heterocycles. The van der Waals surface area contributed by atoms with Gasteiger partial charge in [-0.2, -0.15) is 0 Å². The maximum Gasteiger partial charge on any atom is 0.125 e. The van der Waals surface area contributed by atoms with Gasteiger partial charge >= 0.3 is 0 Å². The van der Waals surface area contributed by atoms with Crippen molar-refractivity contribution < 1.29 is 4.42 Å². The minimum absolute atomic E-state index is 0.0663. The highest BCUT2D eigenvalue weighted by Crippen LogP contribution is 2.30. The molecule has 0 fully saturated rings. The average Bonchev–Trinajstić information content (AvgIpc) is 2.96. The number of anilines is 2. The first-order valence-electron chi connectivity index (χ1n) is 6.18. The van der Waals surface area contributed by atoms with Crippen molar-refractivity contribution in [2.24, 2.45) is 0 Å². The van der Waals surface area contributed by atoms with Crippen LogP contribution in [-0.2, 0) is 0 Å². The van der Waals surface area contributed by atoms with Crippen LogP contribution in [0.1, 0.15) is 18.7 Å². The first-order chi connectivity index (χ1) is 9.25. The Kier molecular flexibility index (Phi) is 2.83. The highest BCUT2D eigenvalue weighted by Gasteiger charge is 2.11. The molecule has 0 saturated carbocycles. The molecule has 2 aromatic heterocycles. The van der Waals surface area contributed by atoms with Crippen LogP contribution in [0.25, 0.3) is 10.8 Å². The van der Waals surface area contributed by atoms with Gasteiger partial charge in [-0.15, -0.1) is 0 Å². The molecule has 3 rings (SSSR count). The number of pyridine rings is 1. The molecule has 0 saturated heterocycles. The van der Waals surface area contributed by atoms with E-state index in [9.17, 15) is 0 Å². The molecule has 96 valence electrons. The lowest BCUT2D eigenvalue weighted by Gasteiger charge is -2.16. The van der Waals surface area contributed by atoms with Crippen molar-refractivity contribution in [3.63, 3.8) is 0 Å². The number of nitrogens with two attached hydrogens (primary N) is 1. The zero-order chi connectivity index (χ0) is 13.2. The zero-order valence-corrected chi connectivity index (χ0v) is 10.6. The molecular formula is C15H15N3O. The van der Waals surface area contributed by atoms with E-state index in [-0.39, 0.29) is 6.04 Å². The standard InChI is InChI=1S/C15H15N3O/c1-10(14-3-2-8-19-14)18-13-5-4-11-9-17-7-6-12(11)15(13)16/h2-10,18H,16H2,1H3. The van der Waals surface area contributed by atoms with Crippen LogP contribution in [0, 0.1) is 0 Å². The van der Waals surface area contributed by atoms with Gasteiger partial charge in [0.25, 0.3) is 0 Å². The minimum Gasteiger partial charge on any atom is -0.467 e. The number of furan rings is 1. The number of hydrogen-bond acceptors (Lipinski definition) is 4. The highest BCUT2D eigenvalue weighted by molar-refractivity contribution is 5.98. The maximum atomic E-state index is 6.20. The third kappa shape index (κ3) is 2.12. The summed E-state index contributed by atoms with van der Waals surface area (Å²) in [6.07, 6.45) is 5.23. The molecule has 19 heavy (non-hydrogen) atoms. The molecule has 0 radical (unpaired) electrons. The molecule has 1 atom stereocenters. The van der Waals surface area contributed by atoms with Crippen molar-refractivity contribution >= 4 is 22.1 Å². The summed E-state index contributed by atoms with van der Waals surface area (Å²) in [7, 11) is 0. The van der Waals surface area contributed by atoms with E-state index in [0.29, 0.717) is 0 Å². The smallest absolute Gasteiger partial charge is 0.125 e. The SMILES string of the molecule is CC(Nc1ccc2cnccc2c1N)c1ccco1. The van der Waals surface area contributed by atoms with E-state index < -0.39 is 0 Å². The quantitative estimate of drug-likeness (QED) is 0.700. The molecule has 2 heterocycles. The summed E-state index contributed by atoms with van der Waals surface area (Å²) < 4.78 is 5.38. The number of nitrogens with one attached hydrogen (secondary N) is 1. The number of fused-ring (bicyclic) bond motifs is 1. The number of benzene rings is 1. The molecule has 3 N–H and O–H groups in total. The Morgan fingerprint density at radius 1 is 1.26 bits per heavy atom. The van der Waals surface area contributed by atoms with Crippen molar-refractivity contribution in [2.45, 2.75) is 13.0 Å². The second kappa shape index (κ2) is 4.65. The molecule has 0 bridgehead atoms. The van der Waals surface area contributed by atoms with Crippen molar-refractivity contribution in [1.29, 1.82) is 0 Å². The van der Waals surface area contributed by atoms with Crippen molar-refractivity contribution in [2.75, 3.05) is 11.1 Å². The molecular weight excluding hydrogens is 238 g/mol. The lowest BCUT2D eigenvalue weighted by Crippen LogP contribution is -2.07. The summed E-state index contributed by atoms with van der Waals surface area (Å²) in [5.74, 6) is 0.884. The Hall–Kier alpha value is -2.49. The van der Waals surface area contributed by atoms with E-state index in [1.54, 1.807) is 12.5 Å². The maximum absolute atomic E-state index is 6.20. The van der Waals surface area contributed by atoms with Crippen molar-refractivity contribution in [1.82, 2.24) is 4.98 Å². The van der Waals surface area contributed by atoms with Gasteiger partial charge in [0.2, 0.25) is 0 Å². The topological polar surface area (TPSA) is 64.1 Å². The van der Waals surface area contributed by atoms with Gasteiger partial charge < -0.3 is 15.5 Å². The van der Waals surface area contributed by atoms with Crippen LogP contribution in [0.2, 0.25) is 0 Å². The highest BCUT2D eigenvalue weighted by atomic mass is 16.3. The molecule has 0 aliphatic carbocycles. The van der Waals surface area contributed by atoms with Gasteiger partial charge in [0.1, 0.15) is 5.76 Å². The van der Waals surface area contributed by atoms with Crippen LogP contribution in [0.3, 0.4) is 0 Å². The number of nitrogen functional groups attached to an aromatic ring is 1. The molecule has 0 amide bonds. The molecule has 3 aromatic rings. The molecule has 1 unspecified atom stereocenters. The summed E-state index contributed by atoms with van der Waals surface area (Å²) in [5, 5.41) is 5.41. The van der Waals surface area contributed by atoms with Crippen LogP contribution in [0.4, 0.5) is 11.4 Å². The summed E-state index contributed by atoms with van der Waals surface area (Å²) in [4.78, 5) is 4.09. The van der Waals surface area contributed by atoms with E-state index in [0.717, 1.165) is 27.9 Å². The molecule has 4 heteroatoms. The molecule has 1 aromatic carbocycles. The first-order valence-corrected chi connectivity index (χ1v) is 6.18. The molecule has 0 spiro atoms. The lowest BCUT2D eigenvalue weighted by molar-refractivity contribution is 0.490. The predicted molar refractivity (Wildman–Crippen MR) is 76.9 cm³/mol. The Morgan fingerprint density at radius 3 is 2.95 bits per heavy atom. The third-order valence-electron chi connectivity index (χ3n) is 3.20. The van der Waals surface area contributed by atoms with Gasteiger partial charge in [-0.3, -0.25) is 4.98 Å². The first kappa shape index (κ1) is 11.6. The molecule has 0 aliphatic rings. The van der Waals surface area contributed by atoms with Crippen LogP contribution in [0.15, 0.2) is 53.4 Å². The van der Waals surface area contributed by atoms with Crippen molar-refractivity contribution in [3.8, 4) is 0 Å². The van der Waals surface area contributed by atoms with Gasteiger partial charge in [0.15, 0.2) is 0 Å². The Morgan fingerprint density at radius 2 is 2.16 bits per heavy atom. The largest absolute Gasteiger partial charge is 0.467 e. The summed E-state index contributed by atoms with van der Waals surface area (Å²) in [5.41, 5.74) is 7.84. The average molecular weight is 253 g/mol. The zero-order valence-electron chi connectivity index (χ0n) is 10.6. The predicted octanol–water partition coefficient (Wildman–Crippen LogP) is 3.58. The Balaban J connectivity index is 1.95. The number of nitrogens with zero attached hydrogens (tertiary/aromatic N) is 1. The van der Waals surface area contributed by atoms with E-state index in [1.165, 1.54) is 0 Å². The van der Waals surface area contributed by atoms with E-state index in [1.807, 2.05) is 43.5 Å². The van der Waals surface area contributed by atoms with Gasteiger partial charge in [-0.25, -0.2) is 0 Å². The van der Waals surface area contributed by atoms with E-state index in [4.69, 9.17) is 10.2 Å². The van der Waals surface area contributed by atoms with Gasteiger partial charge in [0.05, 0.1) is 23.7 Å². The summed E-state index contributed by atoms with van der Waals surface area (Å²) in [6.45, 7) is 2.04. The number of aromatic nitrogens is 1. The van der Waals surface area contributed by atoms with Crippen LogP contribution >= 0.6 is 0 Å². The monoisotopic (exact) mass is 253 g/mol. The molecule has 4 nitrogen and oxygen atoms in total. The second-order valence-electron chi connectivity index (χ2n) is 4.51. The van der Waals surface area contributed by atoms with E-state index >= 15 is 0 Å². The van der Waals surface area contributed by atoms with Crippen molar-refractivity contribution in [3.05, 3.63) is 54.7 Å². The fourth-order valence-corrected chi connectivity index (χ4v) is 2.16. The van der Waals surface area contributed by atoms with Gasteiger partial charge in [-0.1, -0.05) is 6.07 Å². The number of hydrogen-bond donors (Lipinski definition) is 2. The Bertz CT molecular complexity index is 692. The minimum atomic E-state index is 0.0663. The number of rotatable bonds is 3. The lowest BCUT2D eigenvalue weighted by atomic mass is 10.1. The third-order valence-corrected chi connectivity index (χ3v) is 3.20. The second-order valence-corrected chi connectivity index (χ2v) is 4.51. The normalized spacial score (nSPS) is 12.5. The fourth-order valence-electron chi connectivity index (χ4n) is 2.16. The van der Waals surface area contributed by atoms with Crippen LogP contribution in [0.5, 0.6) is 0 Å². The van der Waals surface area contributed by atoms with Gasteiger partial charge in [0, 0.05) is 23.2 Å². The fraction of sp³-hybridized carbons (Fsp3) is 0.133. The van der Waals surface area contributed by atoms with Crippen LogP contribution < -0.4 is 11.1 Å². The van der Waals surface area contributed by atoms with Gasteiger partial charge in [-0.05, 0) is 31.2 Å². The van der Waals surface area contributed by atoms with Crippen LogP contribution in [-0.4, -0.2) is 4.98 Å². The van der Waals surface area contributed by atoms with E-state index in [2.05, 4.69) is 10.3 Å². The summed E-state index contributed by atoms with van der Waals surface area (Å²) >= 11 is 0. The summed E-state index contributed by atoms with van der Waals surface area (Å²) in [6, 6.07) is 9.79.